The second-order valence-corrected chi connectivity index (χ2v) is 5.73. The van der Waals surface area contributed by atoms with E-state index in [2.05, 4.69) is 22.1 Å². The first-order chi connectivity index (χ1) is 12.5. The fourth-order valence-electron chi connectivity index (χ4n) is 2.70. The third kappa shape index (κ3) is 4.03. The maximum atomic E-state index is 13.4. The van der Waals surface area contributed by atoms with Gasteiger partial charge in [-0.15, -0.1) is 0 Å². The molecule has 0 unspecified atom stereocenters. The molecule has 1 saturated heterocycles. The van der Waals surface area contributed by atoms with Crippen molar-refractivity contribution in [1.82, 2.24) is 15.2 Å². The van der Waals surface area contributed by atoms with Crippen LogP contribution in [0.1, 0.15) is 27.2 Å². The molecule has 1 fully saturated rings. The Labute approximate surface area is 149 Å². The zero-order valence-corrected chi connectivity index (χ0v) is 13.8. The second kappa shape index (κ2) is 7.58. The molecule has 0 aliphatic carbocycles. The smallest absolute Gasteiger partial charge is 0.336 e. The number of benzene rings is 1. The number of carbonyl (C=O) groups excluding carboxylic acids is 1. The topological polar surface area (TPSA) is 45.2 Å². The predicted octanol–water partition coefficient (Wildman–Crippen LogP) is 2.55. The molecule has 0 radical (unpaired) electrons. The molecule has 26 heavy (non-hydrogen) atoms. The number of nitrogens with zero attached hydrogens (tertiary/aromatic N) is 2. The van der Waals surface area contributed by atoms with E-state index in [4.69, 9.17) is 0 Å². The van der Waals surface area contributed by atoms with Crippen LogP contribution in [0.4, 0.5) is 13.2 Å². The molecule has 0 saturated carbocycles. The SMILES string of the molecule is O=C(c1cccc(C(F)(F)F)c1C#Cc1ccccn1)N1CCNCC1. The van der Waals surface area contributed by atoms with E-state index in [0.717, 1.165) is 6.07 Å². The van der Waals surface area contributed by atoms with Gasteiger partial charge in [0.1, 0.15) is 5.69 Å². The molecule has 1 aliphatic heterocycles. The molecule has 0 bridgehead atoms. The lowest BCUT2D eigenvalue weighted by atomic mass is 9.99. The van der Waals surface area contributed by atoms with Crippen LogP contribution in [0.2, 0.25) is 0 Å². The first-order valence-electron chi connectivity index (χ1n) is 8.10. The number of hydrogen-bond acceptors (Lipinski definition) is 3. The van der Waals surface area contributed by atoms with Gasteiger partial charge in [-0.3, -0.25) is 4.79 Å². The average Bonchev–Trinajstić information content (AvgIpc) is 2.66. The summed E-state index contributed by atoms with van der Waals surface area (Å²) in [6.07, 6.45) is -3.10. The maximum Gasteiger partial charge on any atom is 0.417 e. The fraction of sp³-hybridized carbons (Fsp3) is 0.263. The van der Waals surface area contributed by atoms with E-state index in [9.17, 15) is 18.0 Å². The van der Waals surface area contributed by atoms with Crippen LogP contribution in [-0.2, 0) is 6.18 Å². The van der Waals surface area contributed by atoms with Crippen LogP contribution in [0, 0.1) is 11.8 Å². The molecule has 1 aromatic carbocycles. The van der Waals surface area contributed by atoms with Gasteiger partial charge < -0.3 is 10.2 Å². The van der Waals surface area contributed by atoms with Crippen molar-refractivity contribution in [3.8, 4) is 11.8 Å². The molecule has 4 nitrogen and oxygen atoms in total. The van der Waals surface area contributed by atoms with E-state index >= 15 is 0 Å². The van der Waals surface area contributed by atoms with Gasteiger partial charge in [-0.1, -0.05) is 18.1 Å². The Bertz CT molecular complexity index is 848. The Morgan fingerprint density at radius 1 is 1.08 bits per heavy atom. The van der Waals surface area contributed by atoms with Gasteiger partial charge in [0.15, 0.2) is 0 Å². The lowest BCUT2D eigenvalue weighted by Gasteiger charge is -2.28. The quantitative estimate of drug-likeness (QED) is 0.796. The minimum Gasteiger partial charge on any atom is -0.336 e. The number of pyridine rings is 1. The summed E-state index contributed by atoms with van der Waals surface area (Å²) in [6, 6.07) is 8.55. The zero-order valence-electron chi connectivity index (χ0n) is 13.8. The standard InChI is InChI=1S/C19H16F3N3O/c20-19(21,22)17-6-3-5-16(18(26)25-12-10-23-11-13-25)15(17)8-7-14-4-1-2-9-24-14/h1-6,9,23H,10-13H2. The summed E-state index contributed by atoms with van der Waals surface area (Å²) in [7, 11) is 0. The molecule has 1 aromatic heterocycles. The first kappa shape index (κ1) is 18.0. The third-order valence-electron chi connectivity index (χ3n) is 3.98. The molecule has 1 N–H and O–H groups in total. The molecular formula is C19H16F3N3O. The largest absolute Gasteiger partial charge is 0.417 e. The van der Waals surface area contributed by atoms with Crippen molar-refractivity contribution in [2.24, 2.45) is 0 Å². The van der Waals surface area contributed by atoms with E-state index < -0.39 is 17.6 Å². The van der Waals surface area contributed by atoms with Crippen molar-refractivity contribution in [3.05, 3.63) is 65.0 Å². The van der Waals surface area contributed by atoms with Gasteiger partial charge >= 0.3 is 6.18 Å². The van der Waals surface area contributed by atoms with Crippen molar-refractivity contribution in [2.75, 3.05) is 26.2 Å². The lowest BCUT2D eigenvalue weighted by Crippen LogP contribution is -2.46. The molecule has 1 aliphatic rings. The summed E-state index contributed by atoms with van der Waals surface area (Å²) in [5.74, 6) is 4.71. The van der Waals surface area contributed by atoms with Gasteiger partial charge in [0.25, 0.3) is 5.91 Å². The van der Waals surface area contributed by atoms with Crippen molar-refractivity contribution in [1.29, 1.82) is 0 Å². The molecule has 0 atom stereocenters. The summed E-state index contributed by atoms with van der Waals surface area (Å²) >= 11 is 0. The highest BCUT2D eigenvalue weighted by Crippen LogP contribution is 2.33. The van der Waals surface area contributed by atoms with Gasteiger partial charge in [0.05, 0.1) is 11.1 Å². The van der Waals surface area contributed by atoms with Crippen LogP contribution >= 0.6 is 0 Å². The number of aromatic nitrogens is 1. The number of hydrogen-bond donors (Lipinski definition) is 1. The van der Waals surface area contributed by atoms with Gasteiger partial charge in [-0.2, -0.15) is 13.2 Å². The highest BCUT2D eigenvalue weighted by Gasteiger charge is 2.35. The van der Waals surface area contributed by atoms with Gasteiger partial charge in [0, 0.05) is 37.9 Å². The van der Waals surface area contributed by atoms with Crippen LogP contribution in [0.3, 0.4) is 0 Å². The Kier molecular flexibility index (Phi) is 5.24. The number of carbonyl (C=O) groups is 1. The first-order valence-corrected chi connectivity index (χ1v) is 8.10. The maximum absolute atomic E-state index is 13.4. The van der Waals surface area contributed by atoms with Crippen LogP contribution in [0.25, 0.3) is 0 Å². The number of piperazine rings is 1. The van der Waals surface area contributed by atoms with Gasteiger partial charge in [-0.05, 0) is 30.2 Å². The molecule has 2 heterocycles. The summed E-state index contributed by atoms with van der Waals surface area (Å²) in [5, 5.41) is 3.11. The fourth-order valence-corrected chi connectivity index (χ4v) is 2.70. The van der Waals surface area contributed by atoms with Crippen molar-refractivity contribution < 1.29 is 18.0 Å². The molecule has 0 spiro atoms. The van der Waals surface area contributed by atoms with Gasteiger partial charge in [0.2, 0.25) is 0 Å². The molecule has 7 heteroatoms. The third-order valence-corrected chi connectivity index (χ3v) is 3.98. The molecule has 1 amide bonds. The highest BCUT2D eigenvalue weighted by molar-refractivity contribution is 5.97. The summed E-state index contributed by atoms with van der Waals surface area (Å²) in [4.78, 5) is 18.3. The highest BCUT2D eigenvalue weighted by atomic mass is 19.4. The Morgan fingerprint density at radius 3 is 2.50 bits per heavy atom. The minimum absolute atomic E-state index is 0.0369. The van der Waals surface area contributed by atoms with Crippen molar-refractivity contribution in [2.45, 2.75) is 6.18 Å². The van der Waals surface area contributed by atoms with Crippen molar-refractivity contribution >= 4 is 5.91 Å². The molecule has 2 aromatic rings. The van der Waals surface area contributed by atoms with E-state index in [-0.39, 0.29) is 11.1 Å². The summed E-state index contributed by atoms with van der Waals surface area (Å²) < 4.78 is 40.3. The van der Waals surface area contributed by atoms with Gasteiger partial charge in [-0.25, -0.2) is 4.98 Å². The number of halogens is 3. The molecule has 3 rings (SSSR count). The van der Waals surface area contributed by atoms with Crippen LogP contribution in [0.5, 0.6) is 0 Å². The van der Waals surface area contributed by atoms with E-state index in [0.29, 0.717) is 31.9 Å². The Balaban J connectivity index is 2.07. The van der Waals surface area contributed by atoms with Crippen molar-refractivity contribution in [3.63, 3.8) is 0 Å². The minimum atomic E-state index is -4.60. The molecule has 134 valence electrons. The van der Waals surface area contributed by atoms with E-state index in [1.807, 2.05) is 0 Å². The average molecular weight is 359 g/mol. The Hall–Kier alpha value is -2.85. The van der Waals surface area contributed by atoms with E-state index in [1.54, 1.807) is 18.2 Å². The number of amides is 1. The molecular weight excluding hydrogens is 343 g/mol. The predicted molar refractivity (Wildman–Crippen MR) is 90.4 cm³/mol. The van der Waals surface area contributed by atoms with Crippen LogP contribution < -0.4 is 5.32 Å². The summed E-state index contributed by atoms with van der Waals surface area (Å²) in [5.41, 5.74) is -0.925. The van der Waals surface area contributed by atoms with E-state index in [1.165, 1.54) is 23.2 Å². The number of alkyl halides is 3. The monoisotopic (exact) mass is 359 g/mol. The second-order valence-electron chi connectivity index (χ2n) is 5.73. The zero-order chi connectivity index (χ0) is 18.6. The number of rotatable bonds is 1. The number of nitrogens with one attached hydrogen (secondary N) is 1. The Morgan fingerprint density at radius 2 is 1.85 bits per heavy atom. The normalized spacial score (nSPS) is 14.5. The lowest BCUT2D eigenvalue weighted by molar-refractivity contribution is -0.137. The van der Waals surface area contributed by atoms with Crippen LogP contribution in [0.15, 0.2) is 42.6 Å². The summed E-state index contributed by atoms with van der Waals surface area (Å²) in [6.45, 7) is 2.11. The van der Waals surface area contributed by atoms with Crippen LogP contribution in [-0.4, -0.2) is 42.0 Å².